The van der Waals surface area contributed by atoms with E-state index in [0.29, 0.717) is 19.4 Å². The molecule has 2 amide bonds. The summed E-state index contributed by atoms with van der Waals surface area (Å²) in [5.41, 5.74) is 1.20. The molecular weight excluding hydrogens is 356 g/mol. The molecule has 2 aromatic rings. The Balaban J connectivity index is 1.76. The standard InChI is InChI=1S/C22H26N2O4/c1-22(20(25)26)12-13-24(15-22)21(27)23-19(14-16-6-4-3-5-7-16)17-8-10-18(28-2)11-9-17/h3-11,19H,12-15H2,1-2H3,(H,23,27)(H,25,26). The molecule has 0 bridgehead atoms. The molecule has 2 atom stereocenters. The Morgan fingerprint density at radius 2 is 1.86 bits per heavy atom. The molecule has 6 nitrogen and oxygen atoms in total. The number of hydrogen-bond acceptors (Lipinski definition) is 3. The van der Waals surface area contributed by atoms with E-state index in [1.807, 2.05) is 54.6 Å². The molecule has 148 valence electrons. The van der Waals surface area contributed by atoms with E-state index >= 15 is 0 Å². The highest BCUT2D eigenvalue weighted by Crippen LogP contribution is 2.30. The Labute approximate surface area is 165 Å². The first-order valence-electron chi connectivity index (χ1n) is 9.38. The van der Waals surface area contributed by atoms with Crippen LogP contribution in [0.4, 0.5) is 4.79 Å². The number of amides is 2. The Kier molecular flexibility index (Phi) is 5.87. The summed E-state index contributed by atoms with van der Waals surface area (Å²) in [6.45, 7) is 2.34. The molecule has 2 unspecified atom stereocenters. The van der Waals surface area contributed by atoms with Crippen LogP contribution in [-0.2, 0) is 11.2 Å². The van der Waals surface area contributed by atoms with Crippen LogP contribution in [0, 0.1) is 5.41 Å². The van der Waals surface area contributed by atoms with Gasteiger partial charge in [-0.15, -0.1) is 0 Å². The second-order valence-corrected chi connectivity index (χ2v) is 7.50. The van der Waals surface area contributed by atoms with Gasteiger partial charge in [0.15, 0.2) is 0 Å². The third-order valence-corrected chi connectivity index (χ3v) is 5.38. The molecule has 28 heavy (non-hydrogen) atoms. The number of urea groups is 1. The first-order chi connectivity index (χ1) is 13.4. The summed E-state index contributed by atoms with van der Waals surface area (Å²) in [7, 11) is 1.62. The average molecular weight is 382 g/mol. The highest BCUT2D eigenvalue weighted by Gasteiger charge is 2.42. The minimum atomic E-state index is -0.883. The number of carbonyl (C=O) groups is 2. The number of nitrogens with one attached hydrogen (secondary N) is 1. The number of carboxylic acids is 1. The van der Waals surface area contributed by atoms with Crippen LogP contribution in [-0.4, -0.2) is 42.2 Å². The van der Waals surface area contributed by atoms with Crippen LogP contribution in [0.2, 0.25) is 0 Å². The van der Waals surface area contributed by atoms with Gasteiger partial charge in [0, 0.05) is 13.1 Å². The Morgan fingerprint density at radius 3 is 2.43 bits per heavy atom. The zero-order valence-electron chi connectivity index (χ0n) is 16.2. The van der Waals surface area contributed by atoms with Crippen LogP contribution >= 0.6 is 0 Å². The number of hydrogen-bond donors (Lipinski definition) is 2. The maximum absolute atomic E-state index is 12.8. The lowest BCUT2D eigenvalue weighted by Crippen LogP contribution is -2.42. The third-order valence-electron chi connectivity index (χ3n) is 5.38. The van der Waals surface area contributed by atoms with Gasteiger partial charge in [-0.1, -0.05) is 42.5 Å². The molecule has 6 heteroatoms. The molecule has 1 aliphatic heterocycles. The number of likely N-dealkylation sites (tertiary alicyclic amines) is 1. The third kappa shape index (κ3) is 4.44. The summed E-state index contributed by atoms with van der Waals surface area (Å²) in [4.78, 5) is 25.9. The van der Waals surface area contributed by atoms with Gasteiger partial charge in [-0.05, 0) is 43.0 Å². The van der Waals surface area contributed by atoms with Crippen LogP contribution < -0.4 is 10.1 Å². The number of rotatable bonds is 6. The van der Waals surface area contributed by atoms with Crippen molar-refractivity contribution in [1.82, 2.24) is 10.2 Å². The molecule has 1 aliphatic rings. The van der Waals surface area contributed by atoms with Gasteiger partial charge in [0.1, 0.15) is 5.75 Å². The van der Waals surface area contributed by atoms with Crippen molar-refractivity contribution >= 4 is 12.0 Å². The molecule has 3 rings (SSSR count). The second-order valence-electron chi connectivity index (χ2n) is 7.50. The predicted molar refractivity (Wildman–Crippen MR) is 106 cm³/mol. The van der Waals surface area contributed by atoms with Gasteiger partial charge in [0.2, 0.25) is 0 Å². The normalized spacial score (nSPS) is 19.9. The van der Waals surface area contributed by atoms with E-state index in [2.05, 4.69) is 5.32 Å². The van der Waals surface area contributed by atoms with Crippen molar-refractivity contribution in [2.45, 2.75) is 25.8 Å². The fourth-order valence-corrected chi connectivity index (χ4v) is 3.49. The number of benzene rings is 2. The summed E-state index contributed by atoms with van der Waals surface area (Å²) < 4.78 is 5.22. The van der Waals surface area contributed by atoms with E-state index in [9.17, 15) is 14.7 Å². The van der Waals surface area contributed by atoms with Crippen LogP contribution in [0.5, 0.6) is 5.75 Å². The summed E-state index contributed by atoms with van der Waals surface area (Å²) in [5, 5.41) is 12.5. The first-order valence-corrected chi connectivity index (χ1v) is 9.38. The summed E-state index contributed by atoms with van der Waals surface area (Å²) >= 11 is 0. The molecule has 1 heterocycles. The Hall–Kier alpha value is -3.02. The second kappa shape index (κ2) is 8.33. The lowest BCUT2D eigenvalue weighted by Gasteiger charge is -2.25. The Bertz CT molecular complexity index is 822. The molecule has 1 fully saturated rings. The zero-order chi connectivity index (χ0) is 20.1. The van der Waals surface area contributed by atoms with Crippen molar-refractivity contribution in [1.29, 1.82) is 0 Å². The van der Waals surface area contributed by atoms with Gasteiger partial charge in [-0.2, -0.15) is 0 Å². The molecule has 0 spiro atoms. The number of aliphatic carboxylic acids is 1. The van der Waals surface area contributed by atoms with Crippen LogP contribution in [0.3, 0.4) is 0 Å². The topological polar surface area (TPSA) is 78.9 Å². The minimum Gasteiger partial charge on any atom is -0.497 e. The van der Waals surface area contributed by atoms with Gasteiger partial charge in [-0.3, -0.25) is 4.79 Å². The number of nitrogens with zero attached hydrogens (tertiary/aromatic N) is 1. The smallest absolute Gasteiger partial charge is 0.317 e. The highest BCUT2D eigenvalue weighted by atomic mass is 16.5. The van der Waals surface area contributed by atoms with Crippen molar-refractivity contribution in [3.63, 3.8) is 0 Å². The number of ether oxygens (including phenoxy) is 1. The van der Waals surface area contributed by atoms with Gasteiger partial charge < -0.3 is 20.1 Å². The van der Waals surface area contributed by atoms with Crippen molar-refractivity contribution < 1.29 is 19.4 Å². The fraction of sp³-hybridized carbons (Fsp3) is 0.364. The minimum absolute atomic E-state index is 0.217. The monoisotopic (exact) mass is 382 g/mol. The maximum Gasteiger partial charge on any atom is 0.317 e. The van der Waals surface area contributed by atoms with Gasteiger partial charge >= 0.3 is 12.0 Å². The van der Waals surface area contributed by atoms with E-state index in [1.54, 1.807) is 18.9 Å². The van der Waals surface area contributed by atoms with Crippen molar-refractivity contribution in [3.8, 4) is 5.75 Å². The van der Waals surface area contributed by atoms with Crippen molar-refractivity contribution in [2.24, 2.45) is 5.41 Å². The SMILES string of the molecule is COc1ccc(C(Cc2ccccc2)NC(=O)N2CCC(C)(C(=O)O)C2)cc1. The fourth-order valence-electron chi connectivity index (χ4n) is 3.49. The number of carboxylic acid groups (broad SMARTS) is 1. The zero-order valence-corrected chi connectivity index (χ0v) is 16.2. The molecule has 1 saturated heterocycles. The van der Waals surface area contributed by atoms with Gasteiger partial charge in [0.25, 0.3) is 0 Å². The van der Waals surface area contributed by atoms with Gasteiger partial charge in [0.05, 0.1) is 18.6 Å². The Morgan fingerprint density at radius 1 is 1.18 bits per heavy atom. The lowest BCUT2D eigenvalue weighted by atomic mass is 9.90. The predicted octanol–water partition coefficient (Wildman–Crippen LogP) is 3.49. The first kappa shape index (κ1) is 19.7. The van der Waals surface area contributed by atoms with Crippen LogP contribution in [0.1, 0.15) is 30.5 Å². The molecule has 2 aromatic carbocycles. The molecule has 0 saturated carbocycles. The van der Waals surface area contributed by atoms with Gasteiger partial charge in [-0.25, -0.2) is 4.79 Å². The van der Waals surface area contributed by atoms with E-state index in [-0.39, 0.29) is 18.6 Å². The summed E-state index contributed by atoms with van der Waals surface area (Å²) in [6, 6.07) is 17.1. The molecule has 0 aliphatic carbocycles. The molecule has 0 aromatic heterocycles. The van der Waals surface area contributed by atoms with E-state index in [0.717, 1.165) is 16.9 Å². The average Bonchev–Trinajstić information content (AvgIpc) is 3.12. The maximum atomic E-state index is 12.8. The van der Waals surface area contributed by atoms with Crippen LogP contribution in [0.15, 0.2) is 54.6 Å². The lowest BCUT2D eigenvalue weighted by molar-refractivity contribution is -0.147. The largest absolute Gasteiger partial charge is 0.497 e. The van der Waals surface area contributed by atoms with Crippen molar-refractivity contribution in [3.05, 3.63) is 65.7 Å². The molecule has 0 radical (unpaired) electrons. The number of carbonyl (C=O) groups excluding carboxylic acids is 1. The van der Waals surface area contributed by atoms with E-state index in [1.165, 1.54) is 0 Å². The summed E-state index contributed by atoms with van der Waals surface area (Å²) in [5.74, 6) is -0.107. The quantitative estimate of drug-likeness (QED) is 0.802. The highest BCUT2D eigenvalue weighted by molar-refractivity contribution is 5.79. The summed E-state index contributed by atoms with van der Waals surface area (Å²) in [6.07, 6.45) is 1.10. The van der Waals surface area contributed by atoms with Crippen molar-refractivity contribution in [2.75, 3.05) is 20.2 Å². The molecular formula is C22H26N2O4. The molecule has 2 N–H and O–H groups in total. The number of methoxy groups -OCH3 is 1. The van der Waals surface area contributed by atoms with E-state index in [4.69, 9.17) is 4.74 Å². The van der Waals surface area contributed by atoms with E-state index < -0.39 is 11.4 Å². The van der Waals surface area contributed by atoms with Crippen LogP contribution in [0.25, 0.3) is 0 Å².